The minimum atomic E-state index is -1.12. The molecule has 6 nitrogen and oxygen atoms in total. The number of halogens is 1. The number of nitrogens with zero attached hydrogens (tertiary/aromatic N) is 1. The number of rotatable bonds is 7. The molecule has 0 bridgehead atoms. The lowest BCUT2D eigenvalue weighted by Crippen LogP contribution is -2.42. The normalized spacial score (nSPS) is 11.7. The van der Waals surface area contributed by atoms with Crippen molar-refractivity contribution < 1.29 is 19.4 Å². The Kier molecular flexibility index (Phi) is 6.80. The van der Waals surface area contributed by atoms with E-state index in [-0.39, 0.29) is 17.0 Å². The van der Waals surface area contributed by atoms with Gasteiger partial charge in [0.25, 0.3) is 5.91 Å². The fourth-order valence-corrected chi connectivity index (χ4v) is 4.12. The SMILES string of the molecule is COc1ccc(-c2ccc3cc(CC(NC(=O)c4c(C)cccc4Cl)C(=O)O)ccc3n2)cc1. The predicted molar refractivity (Wildman–Crippen MR) is 133 cm³/mol. The third-order valence-electron chi connectivity index (χ3n) is 5.63. The number of nitrogens with one attached hydrogen (secondary N) is 1. The molecule has 172 valence electrons. The van der Waals surface area contributed by atoms with Crippen LogP contribution in [0.4, 0.5) is 0 Å². The monoisotopic (exact) mass is 474 g/mol. The molecule has 4 aromatic rings. The number of pyridine rings is 1. The van der Waals surface area contributed by atoms with E-state index in [0.717, 1.165) is 33.5 Å². The Labute approximate surface area is 202 Å². The number of benzene rings is 3. The second-order valence-corrected chi connectivity index (χ2v) is 8.36. The first kappa shape index (κ1) is 23.3. The number of carbonyl (C=O) groups is 2. The second kappa shape index (κ2) is 9.93. The van der Waals surface area contributed by atoms with E-state index in [0.29, 0.717) is 5.56 Å². The van der Waals surface area contributed by atoms with E-state index in [4.69, 9.17) is 21.3 Å². The number of hydrogen-bond acceptors (Lipinski definition) is 4. The fraction of sp³-hybridized carbons (Fsp3) is 0.148. The van der Waals surface area contributed by atoms with E-state index >= 15 is 0 Å². The molecule has 0 spiro atoms. The summed E-state index contributed by atoms with van der Waals surface area (Å²) < 4.78 is 5.20. The third kappa shape index (κ3) is 5.02. The Morgan fingerprint density at radius 2 is 1.82 bits per heavy atom. The van der Waals surface area contributed by atoms with Gasteiger partial charge in [0.15, 0.2) is 0 Å². The standard InChI is InChI=1S/C27H23ClN2O4/c1-16-4-3-5-21(28)25(16)26(31)30-24(27(32)33)15-17-6-12-23-19(14-17)9-13-22(29-23)18-7-10-20(34-2)11-8-18/h3-14,24H,15H2,1-2H3,(H,30,31)(H,32,33). The number of ether oxygens (including phenoxy) is 1. The highest BCUT2D eigenvalue weighted by Crippen LogP contribution is 2.24. The summed E-state index contributed by atoms with van der Waals surface area (Å²) in [5, 5.41) is 13.5. The number of hydrogen-bond donors (Lipinski definition) is 2. The minimum Gasteiger partial charge on any atom is -0.497 e. The molecule has 0 aliphatic carbocycles. The quantitative estimate of drug-likeness (QED) is 0.379. The molecule has 1 amide bonds. The zero-order chi connectivity index (χ0) is 24.2. The summed E-state index contributed by atoms with van der Waals surface area (Å²) in [7, 11) is 1.62. The van der Waals surface area contributed by atoms with Gasteiger partial charge in [0, 0.05) is 17.4 Å². The Hall–Kier alpha value is -3.90. The molecule has 1 heterocycles. The van der Waals surface area contributed by atoms with Crippen LogP contribution in [0.3, 0.4) is 0 Å². The van der Waals surface area contributed by atoms with Gasteiger partial charge in [-0.25, -0.2) is 9.78 Å². The van der Waals surface area contributed by atoms with Crippen LogP contribution in [0.1, 0.15) is 21.5 Å². The molecule has 1 aromatic heterocycles. The minimum absolute atomic E-state index is 0.126. The molecule has 1 atom stereocenters. The lowest BCUT2D eigenvalue weighted by molar-refractivity contribution is -0.139. The molecule has 2 N–H and O–H groups in total. The lowest BCUT2D eigenvalue weighted by Gasteiger charge is -2.16. The number of aryl methyl sites for hydroxylation is 1. The van der Waals surface area contributed by atoms with E-state index in [1.54, 1.807) is 32.2 Å². The molecule has 3 aromatic carbocycles. The molecule has 0 aliphatic heterocycles. The van der Waals surface area contributed by atoms with Gasteiger partial charge in [-0.05, 0) is 66.6 Å². The van der Waals surface area contributed by atoms with Crippen molar-refractivity contribution in [2.75, 3.05) is 7.11 Å². The van der Waals surface area contributed by atoms with E-state index in [2.05, 4.69) is 5.32 Å². The zero-order valence-electron chi connectivity index (χ0n) is 18.7. The van der Waals surface area contributed by atoms with E-state index < -0.39 is 17.9 Å². The first-order chi connectivity index (χ1) is 16.4. The van der Waals surface area contributed by atoms with Crippen LogP contribution in [0.5, 0.6) is 5.75 Å². The first-order valence-electron chi connectivity index (χ1n) is 10.7. The molecule has 0 saturated carbocycles. The highest BCUT2D eigenvalue weighted by molar-refractivity contribution is 6.34. The smallest absolute Gasteiger partial charge is 0.326 e. The molecular weight excluding hydrogens is 452 g/mol. The predicted octanol–water partition coefficient (Wildman–Crippen LogP) is 5.30. The van der Waals surface area contributed by atoms with Crippen molar-refractivity contribution >= 4 is 34.4 Å². The largest absolute Gasteiger partial charge is 0.497 e. The third-order valence-corrected chi connectivity index (χ3v) is 5.95. The van der Waals surface area contributed by atoms with Crippen LogP contribution >= 0.6 is 11.6 Å². The van der Waals surface area contributed by atoms with Crippen molar-refractivity contribution in [2.24, 2.45) is 0 Å². The maximum absolute atomic E-state index is 12.7. The summed E-state index contributed by atoms with van der Waals surface area (Å²) >= 11 is 6.16. The highest BCUT2D eigenvalue weighted by atomic mass is 35.5. The van der Waals surface area contributed by atoms with Crippen LogP contribution in [-0.2, 0) is 11.2 Å². The van der Waals surface area contributed by atoms with Crippen molar-refractivity contribution in [3.05, 3.63) is 94.5 Å². The highest BCUT2D eigenvalue weighted by Gasteiger charge is 2.23. The topological polar surface area (TPSA) is 88.5 Å². The number of fused-ring (bicyclic) bond motifs is 1. The Morgan fingerprint density at radius 1 is 1.06 bits per heavy atom. The maximum atomic E-state index is 12.7. The molecule has 1 unspecified atom stereocenters. The number of aliphatic carboxylic acids is 1. The van der Waals surface area contributed by atoms with Crippen LogP contribution in [0.15, 0.2) is 72.8 Å². The van der Waals surface area contributed by atoms with Crippen molar-refractivity contribution in [1.82, 2.24) is 10.3 Å². The maximum Gasteiger partial charge on any atom is 0.326 e. The van der Waals surface area contributed by atoms with Crippen molar-refractivity contribution in [3.8, 4) is 17.0 Å². The summed E-state index contributed by atoms with van der Waals surface area (Å²) in [6, 6.07) is 21.1. The first-order valence-corrected chi connectivity index (χ1v) is 11.1. The summed E-state index contributed by atoms with van der Waals surface area (Å²) in [6.07, 6.45) is 0.126. The number of carboxylic acids is 1. The molecule has 4 rings (SSSR count). The average Bonchev–Trinajstić information content (AvgIpc) is 2.83. The Bertz CT molecular complexity index is 1350. The van der Waals surface area contributed by atoms with Crippen molar-refractivity contribution in [2.45, 2.75) is 19.4 Å². The molecule has 34 heavy (non-hydrogen) atoms. The van der Waals surface area contributed by atoms with Crippen LogP contribution in [0.2, 0.25) is 5.02 Å². The van der Waals surface area contributed by atoms with E-state index in [1.807, 2.05) is 54.6 Å². The molecular formula is C27H23ClN2O4. The fourth-order valence-electron chi connectivity index (χ4n) is 3.81. The van der Waals surface area contributed by atoms with Crippen LogP contribution in [0.25, 0.3) is 22.2 Å². The summed E-state index contributed by atoms with van der Waals surface area (Å²) in [4.78, 5) is 29.3. The van der Waals surface area contributed by atoms with E-state index in [1.165, 1.54) is 0 Å². The number of aromatic nitrogens is 1. The second-order valence-electron chi connectivity index (χ2n) is 7.95. The Morgan fingerprint density at radius 3 is 2.50 bits per heavy atom. The Balaban J connectivity index is 1.54. The molecule has 0 fully saturated rings. The van der Waals surface area contributed by atoms with Gasteiger partial charge in [-0.3, -0.25) is 4.79 Å². The number of carbonyl (C=O) groups excluding carboxylic acids is 1. The molecule has 0 radical (unpaired) electrons. The van der Waals surface area contributed by atoms with Gasteiger partial charge in [-0.15, -0.1) is 0 Å². The lowest BCUT2D eigenvalue weighted by atomic mass is 10.0. The van der Waals surface area contributed by atoms with Crippen LogP contribution in [0, 0.1) is 6.92 Å². The summed E-state index contributed by atoms with van der Waals surface area (Å²) in [6.45, 7) is 1.76. The number of carboxylic acid groups (broad SMARTS) is 1. The average molecular weight is 475 g/mol. The zero-order valence-corrected chi connectivity index (χ0v) is 19.5. The molecule has 0 saturated heterocycles. The van der Waals surface area contributed by atoms with Gasteiger partial charge < -0.3 is 15.2 Å². The van der Waals surface area contributed by atoms with Gasteiger partial charge >= 0.3 is 5.97 Å². The molecule has 0 aliphatic rings. The number of methoxy groups -OCH3 is 1. The summed E-state index contributed by atoms with van der Waals surface area (Å²) in [5.74, 6) is -0.854. The van der Waals surface area contributed by atoms with Gasteiger partial charge in [0.05, 0.1) is 28.9 Å². The summed E-state index contributed by atoms with van der Waals surface area (Å²) in [5.41, 5.74) is 4.32. The van der Waals surface area contributed by atoms with Gasteiger partial charge in [0.2, 0.25) is 0 Å². The van der Waals surface area contributed by atoms with Gasteiger partial charge in [-0.1, -0.05) is 35.9 Å². The van der Waals surface area contributed by atoms with Gasteiger partial charge in [-0.2, -0.15) is 0 Å². The van der Waals surface area contributed by atoms with E-state index in [9.17, 15) is 14.7 Å². The van der Waals surface area contributed by atoms with Crippen molar-refractivity contribution in [1.29, 1.82) is 0 Å². The molecule has 7 heteroatoms. The van der Waals surface area contributed by atoms with Crippen LogP contribution in [-0.4, -0.2) is 35.1 Å². The number of amides is 1. The van der Waals surface area contributed by atoms with Gasteiger partial charge in [0.1, 0.15) is 11.8 Å². The van der Waals surface area contributed by atoms with Crippen LogP contribution < -0.4 is 10.1 Å². The van der Waals surface area contributed by atoms with Crippen molar-refractivity contribution in [3.63, 3.8) is 0 Å².